The Morgan fingerprint density at radius 2 is 1.61 bits per heavy atom. The van der Waals surface area contributed by atoms with Gasteiger partial charge in [0.25, 0.3) is 10.0 Å². The average Bonchev–Trinajstić information content (AvgIpc) is 3.02. The van der Waals surface area contributed by atoms with Gasteiger partial charge in [0.05, 0.1) is 17.2 Å². The van der Waals surface area contributed by atoms with Crippen LogP contribution in [0.1, 0.15) is 63.5 Å². The first-order valence-corrected chi connectivity index (χ1v) is 17.1. The average molecular weight is 640 g/mol. The predicted octanol–water partition coefficient (Wildman–Crippen LogP) is 6.50. The summed E-state index contributed by atoms with van der Waals surface area (Å²) in [6.45, 7) is 5.44. The Bertz CT molecular complexity index is 1510. The normalized spacial score (nSPS) is 14.5. The summed E-state index contributed by atoms with van der Waals surface area (Å²) in [6.07, 6.45) is 5.44. The second-order valence-electron chi connectivity index (χ2n) is 11.1. The quantitative estimate of drug-likeness (QED) is 0.230. The molecule has 1 fully saturated rings. The summed E-state index contributed by atoms with van der Waals surface area (Å²) in [5, 5.41) is 3.72. The molecule has 0 heterocycles. The van der Waals surface area contributed by atoms with E-state index in [1.807, 2.05) is 20.8 Å². The fourth-order valence-corrected chi connectivity index (χ4v) is 7.09. The Balaban J connectivity index is 1.74. The van der Waals surface area contributed by atoms with Gasteiger partial charge in [-0.1, -0.05) is 79.7 Å². The van der Waals surface area contributed by atoms with Gasteiger partial charge < -0.3 is 15.0 Å². The van der Waals surface area contributed by atoms with Gasteiger partial charge in [0.15, 0.2) is 0 Å². The highest BCUT2D eigenvalue weighted by Crippen LogP contribution is 2.33. The van der Waals surface area contributed by atoms with Gasteiger partial charge in [-0.15, -0.1) is 0 Å². The van der Waals surface area contributed by atoms with Gasteiger partial charge in [-0.25, -0.2) is 8.42 Å². The summed E-state index contributed by atoms with van der Waals surface area (Å²) in [6, 6.07) is 19.6. The Hall–Kier alpha value is -3.56. The molecule has 236 valence electrons. The predicted molar refractivity (Wildman–Crippen MR) is 174 cm³/mol. The molecule has 44 heavy (non-hydrogen) atoms. The second kappa shape index (κ2) is 15.4. The number of hydrogen-bond donors (Lipinski definition) is 1. The molecule has 10 heteroatoms. The molecule has 0 radical (unpaired) electrons. The number of benzene rings is 3. The van der Waals surface area contributed by atoms with E-state index >= 15 is 0 Å². The van der Waals surface area contributed by atoms with Crippen molar-refractivity contribution in [3.05, 3.63) is 88.9 Å². The number of ether oxygens (including phenoxy) is 1. The number of nitrogens with zero attached hydrogens (tertiary/aromatic N) is 2. The van der Waals surface area contributed by atoms with Crippen LogP contribution >= 0.6 is 11.6 Å². The van der Waals surface area contributed by atoms with Crippen molar-refractivity contribution in [3.63, 3.8) is 0 Å². The molecule has 0 bridgehead atoms. The monoisotopic (exact) mass is 639 g/mol. The zero-order valence-corrected chi connectivity index (χ0v) is 27.2. The minimum atomic E-state index is -4.21. The van der Waals surface area contributed by atoms with Crippen molar-refractivity contribution in [3.8, 4) is 5.75 Å². The Morgan fingerprint density at radius 1 is 0.955 bits per heavy atom. The van der Waals surface area contributed by atoms with Crippen LogP contribution in [0.4, 0.5) is 5.69 Å². The van der Waals surface area contributed by atoms with E-state index in [9.17, 15) is 18.0 Å². The van der Waals surface area contributed by atoms with Crippen LogP contribution in [0.3, 0.4) is 0 Å². The van der Waals surface area contributed by atoms with E-state index in [1.165, 1.54) is 17.0 Å². The van der Waals surface area contributed by atoms with Crippen molar-refractivity contribution < 1.29 is 22.7 Å². The lowest BCUT2D eigenvalue weighted by molar-refractivity contribution is -0.140. The zero-order valence-electron chi connectivity index (χ0n) is 25.7. The summed E-state index contributed by atoms with van der Waals surface area (Å²) >= 11 is 6.12. The Kier molecular flexibility index (Phi) is 11.7. The molecule has 1 atom stereocenters. The molecule has 8 nitrogen and oxygen atoms in total. The topological polar surface area (TPSA) is 96.0 Å². The van der Waals surface area contributed by atoms with Crippen molar-refractivity contribution in [2.75, 3.05) is 17.5 Å². The highest BCUT2D eigenvalue weighted by Gasteiger charge is 2.35. The van der Waals surface area contributed by atoms with Gasteiger partial charge in [-0.2, -0.15) is 0 Å². The van der Waals surface area contributed by atoms with Crippen LogP contribution in [-0.2, 0) is 26.2 Å². The number of hydrogen-bond acceptors (Lipinski definition) is 5. The van der Waals surface area contributed by atoms with E-state index in [4.69, 9.17) is 16.3 Å². The SMILES string of the molecule is CCOc1ccccc1N(CC(=O)N(Cc1ccc(Cl)cc1)[C@H](CC)C(=O)NC1CCCCC1)S(=O)(=O)c1ccc(C)cc1. The first-order chi connectivity index (χ1) is 21.1. The minimum absolute atomic E-state index is 0.0496. The third-order valence-corrected chi connectivity index (χ3v) is 9.95. The van der Waals surface area contributed by atoms with E-state index < -0.39 is 28.5 Å². The van der Waals surface area contributed by atoms with E-state index in [0.29, 0.717) is 23.8 Å². The van der Waals surface area contributed by atoms with E-state index in [-0.39, 0.29) is 29.1 Å². The fourth-order valence-electron chi connectivity index (χ4n) is 5.54. The first kappa shape index (κ1) is 33.3. The third kappa shape index (κ3) is 8.33. The number of para-hydroxylation sites is 2. The van der Waals surface area contributed by atoms with Crippen molar-refractivity contribution in [1.82, 2.24) is 10.2 Å². The number of carbonyl (C=O) groups excluding carboxylic acids is 2. The Labute approximate surface area is 266 Å². The van der Waals surface area contributed by atoms with Gasteiger partial charge in [0.2, 0.25) is 11.8 Å². The lowest BCUT2D eigenvalue weighted by Crippen LogP contribution is -2.54. The molecule has 0 spiro atoms. The lowest BCUT2D eigenvalue weighted by Gasteiger charge is -2.34. The number of anilines is 1. The van der Waals surface area contributed by atoms with Crippen LogP contribution in [0.25, 0.3) is 0 Å². The third-order valence-electron chi connectivity index (χ3n) is 7.93. The van der Waals surface area contributed by atoms with Crippen LogP contribution in [-0.4, -0.2) is 50.4 Å². The highest BCUT2D eigenvalue weighted by molar-refractivity contribution is 7.92. The van der Waals surface area contributed by atoms with Gasteiger partial charge in [0, 0.05) is 17.6 Å². The van der Waals surface area contributed by atoms with E-state index in [0.717, 1.165) is 47.5 Å². The van der Waals surface area contributed by atoms with Gasteiger partial charge >= 0.3 is 0 Å². The molecule has 1 N–H and O–H groups in total. The second-order valence-corrected chi connectivity index (χ2v) is 13.4. The standard InChI is InChI=1S/C34H42ClN3O5S/c1-4-30(34(40)36-28-11-7-6-8-12-28)37(23-26-17-19-27(35)20-18-26)33(39)24-38(31-13-9-10-14-32(31)43-5-2)44(41,42)29-21-15-25(3)16-22-29/h9-10,13-22,28,30H,4-8,11-12,23-24H2,1-3H3,(H,36,40)/t30-/m1/s1. The molecule has 3 aromatic carbocycles. The molecule has 1 aliphatic carbocycles. The molecule has 3 aromatic rings. The van der Waals surface area contributed by atoms with Gasteiger partial charge in [0.1, 0.15) is 18.3 Å². The first-order valence-electron chi connectivity index (χ1n) is 15.3. The summed E-state index contributed by atoms with van der Waals surface area (Å²) in [4.78, 5) is 29.6. The van der Waals surface area contributed by atoms with Crippen LogP contribution in [0.2, 0.25) is 5.02 Å². The molecular weight excluding hydrogens is 598 g/mol. The molecule has 0 aromatic heterocycles. The summed E-state index contributed by atoms with van der Waals surface area (Å²) < 4.78 is 35.3. The molecule has 2 amide bonds. The van der Waals surface area contributed by atoms with Crippen molar-refractivity contribution in [1.29, 1.82) is 0 Å². The smallest absolute Gasteiger partial charge is 0.264 e. The molecule has 1 aliphatic rings. The van der Waals surface area contributed by atoms with Crippen LogP contribution in [0, 0.1) is 6.92 Å². The minimum Gasteiger partial charge on any atom is -0.492 e. The number of rotatable bonds is 13. The largest absolute Gasteiger partial charge is 0.492 e. The maximum absolute atomic E-state index is 14.4. The van der Waals surface area contributed by atoms with Crippen molar-refractivity contribution >= 4 is 39.1 Å². The number of halogens is 1. The Morgan fingerprint density at radius 3 is 2.25 bits per heavy atom. The van der Waals surface area contributed by atoms with Gasteiger partial charge in [-0.05, 0) is 75.1 Å². The van der Waals surface area contributed by atoms with Crippen LogP contribution in [0.15, 0.2) is 77.7 Å². The van der Waals surface area contributed by atoms with Crippen molar-refractivity contribution in [2.45, 2.75) is 82.8 Å². The number of aryl methyl sites for hydroxylation is 1. The molecular formula is C34H42ClN3O5S. The van der Waals surface area contributed by atoms with Crippen molar-refractivity contribution in [2.24, 2.45) is 0 Å². The summed E-state index contributed by atoms with van der Waals surface area (Å²) in [5.74, 6) is -0.401. The van der Waals surface area contributed by atoms with Gasteiger partial charge in [-0.3, -0.25) is 13.9 Å². The fraction of sp³-hybridized carbons (Fsp3) is 0.412. The van der Waals surface area contributed by atoms with E-state index in [2.05, 4.69) is 5.32 Å². The number of amides is 2. The lowest BCUT2D eigenvalue weighted by atomic mass is 9.95. The van der Waals surface area contributed by atoms with Crippen LogP contribution in [0.5, 0.6) is 5.75 Å². The molecule has 0 saturated heterocycles. The zero-order chi connectivity index (χ0) is 31.7. The summed E-state index contributed by atoms with van der Waals surface area (Å²) in [7, 11) is -4.21. The maximum Gasteiger partial charge on any atom is 0.264 e. The summed E-state index contributed by atoms with van der Waals surface area (Å²) in [5.41, 5.74) is 1.92. The number of carbonyl (C=O) groups is 2. The van der Waals surface area contributed by atoms with Crippen LogP contribution < -0.4 is 14.4 Å². The molecule has 1 saturated carbocycles. The number of sulfonamides is 1. The molecule has 0 unspecified atom stereocenters. The molecule has 4 rings (SSSR count). The highest BCUT2D eigenvalue weighted by atomic mass is 35.5. The number of nitrogens with one attached hydrogen (secondary N) is 1. The molecule has 0 aliphatic heterocycles. The van der Waals surface area contributed by atoms with E-state index in [1.54, 1.807) is 60.7 Å². The maximum atomic E-state index is 14.4.